The highest BCUT2D eigenvalue weighted by Crippen LogP contribution is 2.28. The third-order valence-electron chi connectivity index (χ3n) is 5.05. The Labute approximate surface area is 175 Å². The number of aliphatic hydroxyl groups is 1. The second-order valence-electron chi connectivity index (χ2n) is 7.57. The minimum atomic E-state index is -0.550. The SMILES string of the molecule is C#CCN(CC=C)Cc1ccc(OC)c(OCC(O)CN2CCCN(C)CC2)c1. The number of methoxy groups -OCH3 is 1. The molecule has 2 rings (SSSR count). The van der Waals surface area contributed by atoms with Crippen molar-refractivity contribution in [1.82, 2.24) is 14.7 Å². The molecule has 1 fully saturated rings. The average Bonchev–Trinajstić information content (AvgIpc) is 2.91. The molecule has 0 spiro atoms. The van der Waals surface area contributed by atoms with Crippen LogP contribution in [0.2, 0.25) is 0 Å². The largest absolute Gasteiger partial charge is 0.493 e. The highest BCUT2D eigenvalue weighted by Gasteiger charge is 2.17. The lowest BCUT2D eigenvalue weighted by Gasteiger charge is -2.24. The summed E-state index contributed by atoms with van der Waals surface area (Å²) in [6.07, 6.45) is 7.87. The Morgan fingerprint density at radius 1 is 1.31 bits per heavy atom. The van der Waals surface area contributed by atoms with Gasteiger partial charge in [-0.1, -0.05) is 18.1 Å². The van der Waals surface area contributed by atoms with Crippen molar-refractivity contribution in [3.05, 3.63) is 36.4 Å². The molecule has 1 aliphatic rings. The smallest absolute Gasteiger partial charge is 0.161 e. The third kappa shape index (κ3) is 8.08. The van der Waals surface area contributed by atoms with Crippen LogP contribution in [0.3, 0.4) is 0 Å². The van der Waals surface area contributed by atoms with Crippen LogP contribution >= 0.6 is 0 Å². The number of benzene rings is 1. The molecule has 0 amide bonds. The zero-order valence-electron chi connectivity index (χ0n) is 17.8. The van der Waals surface area contributed by atoms with Crippen molar-refractivity contribution in [2.45, 2.75) is 19.1 Å². The van der Waals surface area contributed by atoms with Crippen molar-refractivity contribution in [3.63, 3.8) is 0 Å². The summed E-state index contributed by atoms with van der Waals surface area (Å²) in [4.78, 5) is 6.75. The van der Waals surface area contributed by atoms with Crippen LogP contribution in [0, 0.1) is 12.3 Å². The minimum Gasteiger partial charge on any atom is -0.493 e. The van der Waals surface area contributed by atoms with Gasteiger partial charge >= 0.3 is 0 Å². The topological polar surface area (TPSA) is 48.4 Å². The van der Waals surface area contributed by atoms with Crippen molar-refractivity contribution in [2.24, 2.45) is 0 Å². The maximum absolute atomic E-state index is 10.5. The number of terminal acetylenes is 1. The van der Waals surface area contributed by atoms with Crippen LogP contribution in [0.25, 0.3) is 0 Å². The molecule has 0 aromatic heterocycles. The van der Waals surface area contributed by atoms with E-state index in [-0.39, 0.29) is 6.61 Å². The first-order valence-electron chi connectivity index (χ1n) is 10.2. The molecule has 1 atom stereocenters. The van der Waals surface area contributed by atoms with Gasteiger partial charge in [0.25, 0.3) is 0 Å². The van der Waals surface area contributed by atoms with E-state index in [4.69, 9.17) is 15.9 Å². The predicted octanol–water partition coefficient (Wildman–Crippen LogP) is 1.69. The number of likely N-dealkylation sites (N-methyl/N-ethyl adjacent to an activating group) is 1. The lowest BCUT2D eigenvalue weighted by molar-refractivity contribution is 0.0685. The van der Waals surface area contributed by atoms with Crippen molar-refractivity contribution in [3.8, 4) is 23.8 Å². The summed E-state index contributed by atoms with van der Waals surface area (Å²) < 4.78 is 11.4. The van der Waals surface area contributed by atoms with Crippen LogP contribution in [0.5, 0.6) is 11.5 Å². The van der Waals surface area contributed by atoms with Gasteiger partial charge in [0.2, 0.25) is 0 Å². The highest BCUT2D eigenvalue weighted by molar-refractivity contribution is 5.43. The second-order valence-corrected chi connectivity index (χ2v) is 7.57. The molecular weight excluding hydrogens is 366 g/mol. The van der Waals surface area contributed by atoms with E-state index in [1.165, 1.54) is 0 Å². The molecule has 1 heterocycles. The molecule has 1 aliphatic heterocycles. The highest BCUT2D eigenvalue weighted by atomic mass is 16.5. The van der Waals surface area contributed by atoms with Gasteiger partial charge in [-0.05, 0) is 44.3 Å². The van der Waals surface area contributed by atoms with E-state index >= 15 is 0 Å². The van der Waals surface area contributed by atoms with Crippen molar-refractivity contribution in [2.75, 3.05) is 66.6 Å². The molecule has 6 heteroatoms. The molecular formula is C23H35N3O3. The Hall–Kier alpha value is -2.04. The summed E-state index contributed by atoms with van der Waals surface area (Å²) in [5.41, 5.74) is 1.07. The first kappa shape index (κ1) is 23.2. The fraction of sp³-hybridized carbons (Fsp3) is 0.565. The number of aliphatic hydroxyl groups excluding tert-OH is 1. The monoisotopic (exact) mass is 401 g/mol. The number of hydrogen-bond acceptors (Lipinski definition) is 6. The molecule has 6 nitrogen and oxygen atoms in total. The molecule has 1 unspecified atom stereocenters. The van der Waals surface area contributed by atoms with Crippen LogP contribution in [-0.4, -0.2) is 92.5 Å². The van der Waals surface area contributed by atoms with Crippen molar-refractivity contribution in [1.29, 1.82) is 0 Å². The van der Waals surface area contributed by atoms with Gasteiger partial charge in [0, 0.05) is 32.7 Å². The number of hydrogen-bond donors (Lipinski definition) is 1. The maximum atomic E-state index is 10.5. The summed E-state index contributed by atoms with van der Waals surface area (Å²) in [5.74, 6) is 3.97. The molecule has 0 aliphatic carbocycles. The second kappa shape index (κ2) is 12.5. The Kier molecular flexibility index (Phi) is 10.0. The normalized spacial score (nSPS) is 16.8. The van der Waals surface area contributed by atoms with Crippen LogP contribution in [0.1, 0.15) is 12.0 Å². The molecule has 1 N–H and O–H groups in total. The summed E-state index contributed by atoms with van der Waals surface area (Å²) in [6, 6.07) is 5.85. The average molecular weight is 402 g/mol. The Morgan fingerprint density at radius 2 is 2.14 bits per heavy atom. The van der Waals surface area contributed by atoms with Gasteiger partial charge in [0.05, 0.1) is 13.7 Å². The van der Waals surface area contributed by atoms with Crippen molar-refractivity contribution >= 4 is 0 Å². The van der Waals surface area contributed by atoms with E-state index in [1.807, 2.05) is 24.3 Å². The van der Waals surface area contributed by atoms with Gasteiger partial charge in [-0.15, -0.1) is 13.0 Å². The molecule has 1 aromatic carbocycles. The van der Waals surface area contributed by atoms with E-state index in [1.54, 1.807) is 7.11 Å². The molecule has 0 bridgehead atoms. The third-order valence-corrected chi connectivity index (χ3v) is 5.05. The Morgan fingerprint density at radius 3 is 2.86 bits per heavy atom. The Balaban J connectivity index is 1.94. The maximum Gasteiger partial charge on any atom is 0.161 e. The zero-order valence-corrected chi connectivity index (χ0v) is 17.8. The van der Waals surface area contributed by atoms with Gasteiger partial charge in [-0.3, -0.25) is 9.80 Å². The molecule has 0 saturated carbocycles. The van der Waals surface area contributed by atoms with Gasteiger partial charge in [0.1, 0.15) is 12.7 Å². The number of β-amino-alcohol motifs (C(OH)–C–C–N with tert-alkyl or cyclic N) is 1. The van der Waals surface area contributed by atoms with Gasteiger partial charge in [-0.25, -0.2) is 0 Å². The van der Waals surface area contributed by atoms with E-state index in [9.17, 15) is 5.11 Å². The molecule has 29 heavy (non-hydrogen) atoms. The lowest BCUT2D eigenvalue weighted by Crippen LogP contribution is -2.37. The lowest BCUT2D eigenvalue weighted by atomic mass is 10.2. The van der Waals surface area contributed by atoms with Crippen LogP contribution in [0.4, 0.5) is 0 Å². The summed E-state index contributed by atoms with van der Waals surface area (Å²) in [7, 11) is 3.76. The predicted molar refractivity (Wildman–Crippen MR) is 117 cm³/mol. The zero-order chi connectivity index (χ0) is 21.1. The first-order valence-corrected chi connectivity index (χ1v) is 10.2. The fourth-order valence-corrected chi connectivity index (χ4v) is 3.51. The van der Waals surface area contributed by atoms with Crippen molar-refractivity contribution < 1.29 is 14.6 Å². The quantitative estimate of drug-likeness (QED) is 0.450. The molecule has 0 radical (unpaired) electrons. The van der Waals surface area contributed by atoms with E-state index in [0.29, 0.717) is 31.1 Å². The summed E-state index contributed by atoms with van der Waals surface area (Å²) >= 11 is 0. The minimum absolute atomic E-state index is 0.229. The first-order chi connectivity index (χ1) is 14.0. The Bertz CT molecular complexity index is 674. The van der Waals surface area contributed by atoms with E-state index in [2.05, 4.69) is 34.2 Å². The number of ether oxygens (including phenoxy) is 2. The van der Waals surface area contributed by atoms with Crippen LogP contribution in [-0.2, 0) is 6.54 Å². The molecule has 1 aromatic rings. The van der Waals surface area contributed by atoms with Gasteiger partial charge < -0.3 is 19.5 Å². The van der Waals surface area contributed by atoms with Gasteiger partial charge in [0.15, 0.2) is 11.5 Å². The number of nitrogens with zero attached hydrogens (tertiary/aromatic N) is 3. The standard InChI is InChI=1S/C23H35N3O3/c1-5-10-25(11-6-2)17-20-8-9-22(28-4)23(16-20)29-19-21(27)18-26-13-7-12-24(3)14-15-26/h1,6,8-9,16,21,27H,2,7,10-15,17-19H2,3-4H3. The molecule has 160 valence electrons. The van der Waals surface area contributed by atoms with Gasteiger partial charge in [-0.2, -0.15) is 0 Å². The molecule has 1 saturated heterocycles. The van der Waals surface area contributed by atoms with Crippen LogP contribution < -0.4 is 9.47 Å². The van der Waals surface area contributed by atoms with Crippen LogP contribution in [0.15, 0.2) is 30.9 Å². The summed E-state index contributed by atoms with van der Waals surface area (Å²) in [6.45, 7) is 10.7. The van der Waals surface area contributed by atoms with E-state index in [0.717, 1.165) is 44.7 Å². The summed E-state index contributed by atoms with van der Waals surface area (Å²) in [5, 5.41) is 10.5. The number of rotatable bonds is 11. The van der Waals surface area contributed by atoms with E-state index < -0.39 is 6.10 Å². The fourth-order valence-electron chi connectivity index (χ4n) is 3.51.